The van der Waals surface area contributed by atoms with Crippen molar-refractivity contribution >= 4 is 22.7 Å². The zero-order valence-electron chi connectivity index (χ0n) is 10.0. The molecule has 3 heteroatoms. The molecule has 2 aliphatic rings. The number of benzene rings is 1. The van der Waals surface area contributed by atoms with Crippen molar-refractivity contribution in [3.63, 3.8) is 0 Å². The number of nitrogens with zero attached hydrogens (tertiary/aromatic N) is 1. The fourth-order valence-electron chi connectivity index (χ4n) is 2.91. The molecule has 0 atom stereocenters. The van der Waals surface area contributed by atoms with Crippen LogP contribution in [0.25, 0.3) is 11.1 Å². The molecule has 90 valence electrons. The molecule has 2 aliphatic carbocycles. The molecular formula is C16H9NO2. The molecule has 0 unspecified atom stereocenters. The summed E-state index contributed by atoms with van der Waals surface area (Å²) in [5.74, 6) is 0.0630. The maximum Gasteiger partial charge on any atom is 0.194 e. The van der Waals surface area contributed by atoms with E-state index in [9.17, 15) is 9.59 Å². The SMILES string of the molecule is O=C1CC2=C(C(=O)c3ccccc32)c2cnccc21. The van der Waals surface area contributed by atoms with E-state index in [0.29, 0.717) is 28.7 Å². The molecule has 1 aromatic heterocycles. The number of carbonyl (C=O) groups is 2. The average Bonchev–Trinajstić information content (AvgIpc) is 2.73. The Balaban J connectivity index is 2.06. The minimum absolute atomic E-state index is 0.00681. The van der Waals surface area contributed by atoms with Crippen LogP contribution >= 0.6 is 0 Å². The van der Waals surface area contributed by atoms with E-state index < -0.39 is 0 Å². The lowest BCUT2D eigenvalue weighted by Gasteiger charge is -2.16. The second kappa shape index (κ2) is 3.48. The van der Waals surface area contributed by atoms with E-state index in [1.807, 2.05) is 24.3 Å². The summed E-state index contributed by atoms with van der Waals surface area (Å²) in [5.41, 5.74) is 4.38. The van der Waals surface area contributed by atoms with Gasteiger partial charge >= 0.3 is 0 Å². The summed E-state index contributed by atoms with van der Waals surface area (Å²) >= 11 is 0. The van der Waals surface area contributed by atoms with Crippen molar-refractivity contribution in [3.8, 4) is 0 Å². The number of aromatic nitrogens is 1. The molecule has 0 saturated carbocycles. The Labute approximate surface area is 109 Å². The molecule has 0 fully saturated rings. The normalized spacial score (nSPS) is 16.2. The summed E-state index contributed by atoms with van der Waals surface area (Å²) < 4.78 is 0. The largest absolute Gasteiger partial charge is 0.294 e. The summed E-state index contributed by atoms with van der Waals surface area (Å²) in [4.78, 5) is 28.7. The topological polar surface area (TPSA) is 47.0 Å². The third kappa shape index (κ3) is 1.24. The minimum Gasteiger partial charge on any atom is -0.294 e. The van der Waals surface area contributed by atoms with Crippen LogP contribution in [0.4, 0.5) is 0 Å². The fourth-order valence-corrected chi connectivity index (χ4v) is 2.91. The smallest absolute Gasteiger partial charge is 0.194 e. The first-order valence-electron chi connectivity index (χ1n) is 6.12. The Morgan fingerprint density at radius 2 is 1.68 bits per heavy atom. The van der Waals surface area contributed by atoms with Gasteiger partial charge in [0.1, 0.15) is 0 Å². The van der Waals surface area contributed by atoms with Crippen molar-refractivity contribution in [2.24, 2.45) is 0 Å². The lowest BCUT2D eigenvalue weighted by Crippen LogP contribution is -2.12. The first-order valence-corrected chi connectivity index (χ1v) is 6.12. The van der Waals surface area contributed by atoms with Crippen LogP contribution in [-0.4, -0.2) is 16.6 Å². The number of hydrogen-bond donors (Lipinski definition) is 0. The Hall–Kier alpha value is -2.55. The van der Waals surface area contributed by atoms with Crippen molar-refractivity contribution in [2.45, 2.75) is 6.42 Å². The quantitative estimate of drug-likeness (QED) is 0.719. The van der Waals surface area contributed by atoms with Gasteiger partial charge in [-0.25, -0.2) is 0 Å². The van der Waals surface area contributed by atoms with E-state index in [-0.39, 0.29) is 11.6 Å². The number of hydrogen-bond acceptors (Lipinski definition) is 3. The van der Waals surface area contributed by atoms with Crippen molar-refractivity contribution in [1.82, 2.24) is 4.98 Å². The number of pyridine rings is 1. The first-order chi connectivity index (χ1) is 9.27. The number of allylic oxidation sites excluding steroid dienone is 2. The maximum atomic E-state index is 12.5. The van der Waals surface area contributed by atoms with Crippen LogP contribution in [0.3, 0.4) is 0 Å². The zero-order valence-corrected chi connectivity index (χ0v) is 10.0. The van der Waals surface area contributed by atoms with Gasteiger partial charge in [-0.2, -0.15) is 0 Å². The van der Waals surface area contributed by atoms with Gasteiger partial charge in [0, 0.05) is 41.1 Å². The third-order valence-corrected chi connectivity index (χ3v) is 3.75. The first kappa shape index (κ1) is 10.4. The lowest BCUT2D eigenvalue weighted by atomic mass is 9.86. The van der Waals surface area contributed by atoms with Crippen LogP contribution in [0.15, 0.2) is 42.7 Å². The van der Waals surface area contributed by atoms with Gasteiger partial charge in [0.15, 0.2) is 11.6 Å². The van der Waals surface area contributed by atoms with E-state index in [1.165, 1.54) is 0 Å². The van der Waals surface area contributed by atoms with Crippen molar-refractivity contribution < 1.29 is 9.59 Å². The molecule has 0 N–H and O–H groups in total. The molecule has 0 bridgehead atoms. The van der Waals surface area contributed by atoms with E-state index in [0.717, 1.165) is 11.1 Å². The van der Waals surface area contributed by atoms with Crippen molar-refractivity contribution in [3.05, 3.63) is 65.0 Å². The van der Waals surface area contributed by atoms with Crippen LogP contribution < -0.4 is 0 Å². The second-order valence-corrected chi connectivity index (χ2v) is 4.75. The fraction of sp³-hybridized carbons (Fsp3) is 0.0625. The molecule has 0 amide bonds. The number of Topliss-reactive ketones (excluding diaryl/α,β-unsaturated/α-hetero) is 2. The molecule has 0 radical (unpaired) electrons. The highest BCUT2D eigenvalue weighted by atomic mass is 16.1. The van der Waals surface area contributed by atoms with E-state index >= 15 is 0 Å². The molecule has 3 nitrogen and oxygen atoms in total. The Morgan fingerprint density at radius 1 is 0.895 bits per heavy atom. The molecule has 0 aliphatic heterocycles. The van der Waals surface area contributed by atoms with Crippen molar-refractivity contribution in [1.29, 1.82) is 0 Å². The van der Waals surface area contributed by atoms with E-state index in [4.69, 9.17) is 0 Å². The summed E-state index contributed by atoms with van der Waals surface area (Å²) in [6, 6.07) is 9.16. The van der Waals surface area contributed by atoms with Gasteiger partial charge in [-0.3, -0.25) is 14.6 Å². The molecule has 1 aromatic carbocycles. The highest BCUT2D eigenvalue weighted by Gasteiger charge is 2.36. The molecular weight excluding hydrogens is 238 g/mol. The zero-order chi connectivity index (χ0) is 13.0. The maximum absolute atomic E-state index is 12.5. The second-order valence-electron chi connectivity index (χ2n) is 4.75. The van der Waals surface area contributed by atoms with Crippen LogP contribution in [-0.2, 0) is 0 Å². The van der Waals surface area contributed by atoms with Gasteiger partial charge in [0.25, 0.3) is 0 Å². The van der Waals surface area contributed by atoms with Crippen molar-refractivity contribution in [2.75, 3.05) is 0 Å². The number of ketones is 2. The van der Waals surface area contributed by atoms with Gasteiger partial charge in [-0.1, -0.05) is 24.3 Å². The van der Waals surface area contributed by atoms with Gasteiger partial charge in [-0.15, -0.1) is 0 Å². The predicted molar refractivity (Wildman–Crippen MR) is 70.8 cm³/mol. The molecule has 2 aromatic rings. The predicted octanol–water partition coefficient (Wildman–Crippen LogP) is 2.78. The number of fused-ring (bicyclic) bond motifs is 4. The van der Waals surface area contributed by atoms with E-state index in [2.05, 4.69) is 4.98 Å². The van der Waals surface area contributed by atoms with E-state index in [1.54, 1.807) is 18.5 Å². The lowest BCUT2D eigenvalue weighted by molar-refractivity contribution is 0.0997. The standard InChI is InChI=1S/C16H9NO2/c18-14-7-12-9-3-1-2-4-11(9)16(19)15(12)13-8-17-6-5-10(13)14/h1-6,8H,7H2. The Bertz CT molecular complexity index is 787. The van der Waals surface area contributed by atoms with Crippen LogP contribution in [0.5, 0.6) is 0 Å². The van der Waals surface area contributed by atoms with Crippen LogP contribution in [0.1, 0.15) is 38.3 Å². The molecule has 4 rings (SSSR count). The Kier molecular flexibility index (Phi) is 1.90. The highest BCUT2D eigenvalue weighted by molar-refractivity contribution is 6.43. The molecule has 0 saturated heterocycles. The summed E-state index contributed by atoms with van der Waals surface area (Å²) in [6.45, 7) is 0. The summed E-state index contributed by atoms with van der Waals surface area (Å²) in [7, 11) is 0. The summed E-state index contributed by atoms with van der Waals surface area (Å²) in [5, 5.41) is 0. The van der Waals surface area contributed by atoms with Crippen LogP contribution in [0, 0.1) is 0 Å². The van der Waals surface area contributed by atoms with Gasteiger partial charge < -0.3 is 0 Å². The number of carbonyl (C=O) groups excluding carboxylic acids is 2. The van der Waals surface area contributed by atoms with Crippen LogP contribution in [0.2, 0.25) is 0 Å². The van der Waals surface area contributed by atoms with Gasteiger partial charge in [0.2, 0.25) is 0 Å². The molecule has 0 spiro atoms. The van der Waals surface area contributed by atoms with Gasteiger partial charge in [-0.05, 0) is 17.2 Å². The third-order valence-electron chi connectivity index (χ3n) is 3.75. The molecule has 19 heavy (non-hydrogen) atoms. The highest BCUT2D eigenvalue weighted by Crippen LogP contribution is 2.44. The van der Waals surface area contributed by atoms with Gasteiger partial charge in [0.05, 0.1) is 0 Å². The Morgan fingerprint density at radius 3 is 2.53 bits per heavy atom. The summed E-state index contributed by atoms with van der Waals surface area (Å²) in [6.07, 6.45) is 3.51. The monoisotopic (exact) mass is 247 g/mol. The average molecular weight is 247 g/mol. The number of rotatable bonds is 0. The molecule has 1 heterocycles. The minimum atomic E-state index is 0.00681.